The standard InChI is InChI=1S/C31H46N2O5S.ClH/c1-5-8-12-29-30(27-23-25(32-39(4,35)36)15-18-28(27)38-29)31(34)24-13-16-26(17-14-24)37-22-11-21-33(19-9-6-2)20-10-7-3;/h13-18,23,31-32,34H,5-12,19-22H2,1-4H3;1H. The summed E-state index contributed by atoms with van der Waals surface area (Å²) < 4.78 is 38.2. The van der Waals surface area contributed by atoms with Crippen LogP contribution in [0.1, 0.15) is 88.7 Å². The fourth-order valence-corrected chi connectivity index (χ4v) is 5.31. The average Bonchev–Trinajstić information content (AvgIpc) is 3.27. The van der Waals surface area contributed by atoms with Crippen molar-refractivity contribution in [1.29, 1.82) is 0 Å². The Morgan fingerprint density at radius 2 is 1.55 bits per heavy atom. The molecule has 2 N–H and O–H groups in total. The first kappa shape index (κ1) is 33.9. The van der Waals surface area contributed by atoms with E-state index in [2.05, 4.69) is 30.4 Å². The van der Waals surface area contributed by atoms with Gasteiger partial charge in [0.15, 0.2) is 0 Å². The lowest BCUT2D eigenvalue weighted by molar-refractivity contribution is 0.217. The molecule has 0 saturated carbocycles. The number of rotatable bonds is 18. The van der Waals surface area contributed by atoms with Crippen LogP contribution in [0.4, 0.5) is 5.69 Å². The van der Waals surface area contributed by atoms with Crippen LogP contribution in [0, 0.1) is 0 Å². The van der Waals surface area contributed by atoms with Crippen molar-refractivity contribution in [3.8, 4) is 5.75 Å². The van der Waals surface area contributed by atoms with Gasteiger partial charge in [-0.3, -0.25) is 4.72 Å². The minimum atomic E-state index is -3.43. The van der Waals surface area contributed by atoms with E-state index < -0.39 is 16.1 Å². The number of aryl methyl sites for hydroxylation is 1. The van der Waals surface area contributed by atoms with Crippen LogP contribution in [0.25, 0.3) is 11.0 Å². The molecule has 40 heavy (non-hydrogen) atoms. The Labute approximate surface area is 246 Å². The van der Waals surface area contributed by atoms with Crippen molar-refractivity contribution in [2.45, 2.75) is 78.2 Å². The maximum Gasteiger partial charge on any atom is 0.229 e. The van der Waals surface area contributed by atoms with Crippen LogP contribution in [0.5, 0.6) is 5.75 Å². The van der Waals surface area contributed by atoms with Crippen molar-refractivity contribution in [2.75, 3.05) is 37.2 Å². The van der Waals surface area contributed by atoms with E-state index in [4.69, 9.17) is 9.15 Å². The quantitative estimate of drug-likeness (QED) is 0.150. The van der Waals surface area contributed by atoms with Gasteiger partial charge in [-0.05, 0) is 74.7 Å². The first-order chi connectivity index (χ1) is 18.8. The van der Waals surface area contributed by atoms with Gasteiger partial charge in [0, 0.05) is 29.6 Å². The first-order valence-corrected chi connectivity index (χ1v) is 16.3. The molecular weight excluding hydrogens is 548 g/mol. The van der Waals surface area contributed by atoms with Crippen molar-refractivity contribution >= 4 is 39.1 Å². The number of hydrogen-bond donors (Lipinski definition) is 2. The van der Waals surface area contributed by atoms with E-state index in [0.29, 0.717) is 35.2 Å². The molecule has 1 unspecified atom stereocenters. The Bertz CT molecular complexity index is 1250. The molecule has 0 aliphatic carbocycles. The summed E-state index contributed by atoms with van der Waals surface area (Å²) in [6, 6.07) is 12.7. The molecule has 3 rings (SSSR count). The summed E-state index contributed by atoms with van der Waals surface area (Å²) >= 11 is 0. The summed E-state index contributed by atoms with van der Waals surface area (Å²) in [5.41, 5.74) is 2.48. The molecule has 0 bridgehead atoms. The minimum absolute atomic E-state index is 0. The number of benzene rings is 2. The molecule has 1 atom stereocenters. The van der Waals surface area contributed by atoms with Crippen LogP contribution in [0.15, 0.2) is 46.9 Å². The van der Waals surface area contributed by atoms with E-state index in [0.717, 1.165) is 62.2 Å². The predicted octanol–water partition coefficient (Wildman–Crippen LogP) is 7.32. The summed E-state index contributed by atoms with van der Waals surface area (Å²) in [5, 5.41) is 12.2. The second-order valence-corrected chi connectivity index (χ2v) is 12.1. The molecule has 0 fully saturated rings. The lowest BCUT2D eigenvalue weighted by Gasteiger charge is -2.21. The summed E-state index contributed by atoms with van der Waals surface area (Å²) in [5.74, 6) is 1.51. The molecule has 1 aromatic heterocycles. The SMILES string of the molecule is CCCCc1oc2ccc(NS(C)(=O)=O)cc2c1C(O)c1ccc(OCCCN(CCCC)CCCC)cc1.Cl. The van der Waals surface area contributed by atoms with Gasteiger partial charge in [-0.15, -0.1) is 12.4 Å². The molecule has 0 amide bonds. The number of anilines is 1. The van der Waals surface area contributed by atoms with E-state index in [9.17, 15) is 13.5 Å². The van der Waals surface area contributed by atoms with E-state index in [1.165, 1.54) is 25.7 Å². The highest BCUT2D eigenvalue weighted by Gasteiger charge is 2.23. The molecule has 9 heteroatoms. The number of hydrogen-bond acceptors (Lipinski definition) is 6. The number of halogens is 1. The number of ether oxygens (including phenoxy) is 1. The smallest absolute Gasteiger partial charge is 0.229 e. The third kappa shape index (κ3) is 10.3. The van der Waals surface area contributed by atoms with Gasteiger partial charge in [0.1, 0.15) is 23.2 Å². The maximum atomic E-state index is 11.8. The lowest BCUT2D eigenvalue weighted by atomic mass is 9.96. The van der Waals surface area contributed by atoms with Gasteiger partial charge < -0.3 is 19.2 Å². The normalized spacial score (nSPS) is 12.4. The number of sulfonamides is 1. The van der Waals surface area contributed by atoms with Crippen LogP contribution >= 0.6 is 12.4 Å². The van der Waals surface area contributed by atoms with Gasteiger partial charge in [-0.25, -0.2) is 8.42 Å². The van der Waals surface area contributed by atoms with Gasteiger partial charge in [0.05, 0.1) is 12.9 Å². The highest BCUT2D eigenvalue weighted by atomic mass is 35.5. The zero-order valence-corrected chi connectivity index (χ0v) is 26.1. The highest BCUT2D eigenvalue weighted by molar-refractivity contribution is 7.92. The monoisotopic (exact) mass is 594 g/mol. The number of fused-ring (bicyclic) bond motifs is 1. The zero-order valence-electron chi connectivity index (χ0n) is 24.4. The largest absolute Gasteiger partial charge is 0.494 e. The predicted molar refractivity (Wildman–Crippen MR) is 167 cm³/mol. The minimum Gasteiger partial charge on any atom is -0.494 e. The van der Waals surface area contributed by atoms with Gasteiger partial charge in [0.2, 0.25) is 10.0 Å². The summed E-state index contributed by atoms with van der Waals surface area (Å²) in [6.45, 7) is 10.6. The van der Waals surface area contributed by atoms with Gasteiger partial charge >= 0.3 is 0 Å². The second kappa shape index (κ2) is 16.9. The Balaban J connectivity index is 0.00000560. The molecule has 224 valence electrons. The lowest BCUT2D eigenvalue weighted by Crippen LogP contribution is -2.28. The number of furan rings is 1. The summed E-state index contributed by atoms with van der Waals surface area (Å²) in [7, 11) is -3.43. The molecular formula is C31H47ClN2O5S. The summed E-state index contributed by atoms with van der Waals surface area (Å²) in [4.78, 5) is 2.54. The van der Waals surface area contributed by atoms with Crippen LogP contribution in [-0.2, 0) is 16.4 Å². The van der Waals surface area contributed by atoms with Crippen LogP contribution in [0.2, 0.25) is 0 Å². The molecule has 3 aromatic rings. The number of aliphatic hydroxyl groups excluding tert-OH is 1. The molecule has 0 spiro atoms. The molecule has 1 heterocycles. The van der Waals surface area contributed by atoms with Crippen molar-refractivity contribution in [3.63, 3.8) is 0 Å². The zero-order chi connectivity index (χ0) is 28.3. The molecule has 2 aromatic carbocycles. The van der Waals surface area contributed by atoms with Crippen molar-refractivity contribution in [3.05, 3.63) is 59.4 Å². The fraction of sp³-hybridized carbons (Fsp3) is 0.548. The van der Waals surface area contributed by atoms with Crippen molar-refractivity contribution < 1.29 is 22.7 Å². The van der Waals surface area contributed by atoms with E-state index in [1.54, 1.807) is 18.2 Å². The summed E-state index contributed by atoms with van der Waals surface area (Å²) in [6.07, 6.45) is 8.69. The van der Waals surface area contributed by atoms with Gasteiger partial charge in [-0.2, -0.15) is 0 Å². The molecule has 0 radical (unpaired) electrons. The molecule has 0 aliphatic heterocycles. The first-order valence-electron chi connectivity index (χ1n) is 14.4. The Morgan fingerprint density at radius 1 is 0.925 bits per heavy atom. The van der Waals surface area contributed by atoms with Crippen LogP contribution in [-0.4, -0.2) is 50.9 Å². The van der Waals surface area contributed by atoms with E-state index in [-0.39, 0.29) is 12.4 Å². The Morgan fingerprint density at radius 3 is 2.15 bits per heavy atom. The van der Waals surface area contributed by atoms with Crippen molar-refractivity contribution in [2.24, 2.45) is 0 Å². The second-order valence-electron chi connectivity index (χ2n) is 10.3. The topological polar surface area (TPSA) is 92.0 Å². The maximum absolute atomic E-state index is 11.8. The fourth-order valence-electron chi connectivity index (χ4n) is 4.76. The van der Waals surface area contributed by atoms with Crippen molar-refractivity contribution in [1.82, 2.24) is 4.90 Å². The third-order valence-corrected chi connectivity index (χ3v) is 7.48. The highest BCUT2D eigenvalue weighted by Crippen LogP contribution is 2.37. The van der Waals surface area contributed by atoms with Crippen LogP contribution < -0.4 is 9.46 Å². The van der Waals surface area contributed by atoms with Crippen LogP contribution in [0.3, 0.4) is 0 Å². The van der Waals surface area contributed by atoms with Gasteiger partial charge in [0.25, 0.3) is 0 Å². The van der Waals surface area contributed by atoms with Gasteiger partial charge in [-0.1, -0.05) is 52.2 Å². The number of aliphatic hydroxyl groups is 1. The molecule has 0 aliphatic rings. The Hall–Kier alpha value is -2.26. The number of nitrogens with zero attached hydrogens (tertiary/aromatic N) is 1. The third-order valence-electron chi connectivity index (χ3n) is 6.88. The average molecular weight is 595 g/mol. The molecule has 0 saturated heterocycles. The number of unbranched alkanes of at least 4 members (excludes halogenated alkanes) is 3. The Kier molecular flexibility index (Phi) is 14.3. The van der Waals surface area contributed by atoms with E-state index >= 15 is 0 Å². The van der Waals surface area contributed by atoms with E-state index in [1.807, 2.05) is 24.3 Å². The number of nitrogens with one attached hydrogen (secondary N) is 1. The molecule has 7 nitrogen and oxygen atoms in total.